The van der Waals surface area contributed by atoms with Crippen LogP contribution in [0.1, 0.15) is 54.4 Å². The molecule has 122 valence electrons. The second kappa shape index (κ2) is 7.25. The molecule has 21 heavy (non-hydrogen) atoms. The van der Waals surface area contributed by atoms with E-state index in [0.717, 1.165) is 6.42 Å². The van der Waals surface area contributed by atoms with E-state index in [1.807, 2.05) is 41.5 Å². The summed E-state index contributed by atoms with van der Waals surface area (Å²) in [5, 5.41) is 2.88. The van der Waals surface area contributed by atoms with E-state index >= 15 is 0 Å². The average Bonchev–Trinajstić information content (AvgIpc) is 2.34. The molecular formula is C16H30N2O3. The Kier molecular flexibility index (Phi) is 6.20. The zero-order valence-corrected chi connectivity index (χ0v) is 14.2. The SMILES string of the molecule is CCCC1NC(=O)C(C(C)C)N(CC(C)(C)OCC)C1=O. The van der Waals surface area contributed by atoms with E-state index in [1.165, 1.54) is 0 Å². The molecule has 1 aliphatic heterocycles. The van der Waals surface area contributed by atoms with Gasteiger partial charge >= 0.3 is 0 Å². The first-order valence-corrected chi connectivity index (χ1v) is 7.98. The lowest BCUT2D eigenvalue weighted by atomic mass is 9.94. The Bertz CT molecular complexity index is 380. The molecular weight excluding hydrogens is 268 g/mol. The number of amides is 2. The molecule has 5 nitrogen and oxygen atoms in total. The number of ether oxygens (including phenoxy) is 1. The largest absolute Gasteiger partial charge is 0.374 e. The van der Waals surface area contributed by atoms with Crippen LogP contribution in [0, 0.1) is 5.92 Å². The van der Waals surface area contributed by atoms with Crippen LogP contribution in [0.25, 0.3) is 0 Å². The fourth-order valence-corrected chi connectivity index (χ4v) is 2.97. The van der Waals surface area contributed by atoms with Gasteiger partial charge in [-0.1, -0.05) is 27.2 Å². The lowest BCUT2D eigenvalue weighted by molar-refractivity contribution is -0.156. The van der Waals surface area contributed by atoms with Crippen molar-refractivity contribution in [3.05, 3.63) is 0 Å². The zero-order valence-electron chi connectivity index (χ0n) is 14.2. The van der Waals surface area contributed by atoms with Gasteiger partial charge in [0.05, 0.1) is 12.1 Å². The molecule has 1 fully saturated rings. The Morgan fingerprint density at radius 3 is 2.38 bits per heavy atom. The summed E-state index contributed by atoms with van der Waals surface area (Å²) in [5.41, 5.74) is -0.452. The predicted molar refractivity (Wildman–Crippen MR) is 82.9 cm³/mol. The highest BCUT2D eigenvalue weighted by atomic mass is 16.5. The van der Waals surface area contributed by atoms with Crippen LogP contribution in [-0.4, -0.2) is 47.6 Å². The van der Waals surface area contributed by atoms with Gasteiger partial charge in [-0.2, -0.15) is 0 Å². The molecule has 0 aromatic heterocycles. The Morgan fingerprint density at radius 1 is 1.29 bits per heavy atom. The van der Waals surface area contributed by atoms with Gasteiger partial charge in [0, 0.05) is 6.61 Å². The van der Waals surface area contributed by atoms with E-state index < -0.39 is 17.7 Å². The van der Waals surface area contributed by atoms with Crippen molar-refractivity contribution in [1.29, 1.82) is 0 Å². The summed E-state index contributed by atoms with van der Waals surface area (Å²) in [6.07, 6.45) is 1.55. The third kappa shape index (κ3) is 4.43. The second-order valence-electron chi connectivity index (χ2n) is 6.70. The summed E-state index contributed by atoms with van der Waals surface area (Å²) in [4.78, 5) is 26.8. The second-order valence-corrected chi connectivity index (χ2v) is 6.70. The monoisotopic (exact) mass is 298 g/mol. The Labute approximate surface area is 128 Å². The molecule has 0 aromatic carbocycles. The standard InChI is InChI=1S/C16H30N2O3/c1-7-9-12-15(20)18(10-16(5,6)21-8-2)13(11(3)4)14(19)17-12/h11-13H,7-10H2,1-6H3,(H,17,19). The molecule has 1 saturated heterocycles. The molecule has 1 N–H and O–H groups in total. The summed E-state index contributed by atoms with van der Waals surface area (Å²) in [6.45, 7) is 12.8. The summed E-state index contributed by atoms with van der Waals surface area (Å²) >= 11 is 0. The van der Waals surface area contributed by atoms with Crippen molar-refractivity contribution in [3.8, 4) is 0 Å². The van der Waals surface area contributed by atoms with Crippen LogP contribution in [0.5, 0.6) is 0 Å². The quantitative estimate of drug-likeness (QED) is 0.781. The maximum Gasteiger partial charge on any atom is 0.245 e. The van der Waals surface area contributed by atoms with Crippen LogP contribution in [0.2, 0.25) is 0 Å². The van der Waals surface area contributed by atoms with Crippen LogP contribution in [0.4, 0.5) is 0 Å². The molecule has 2 unspecified atom stereocenters. The van der Waals surface area contributed by atoms with Crippen LogP contribution in [0.3, 0.4) is 0 Å². The third-order valence-corrected chi connectivity index (χ3v) is 3.80. The van der Waals surface area contributed by atoms with Gasteiger partial charge in [-0.05, 0) is 33.1 Å². The molecule has 2 amide bonds. The van der Waals surface area contributed by atoms with Gasteiger partial charge in [-0.25, -0.2) is 0 Å². The normalized spacial score (nSPS) is 23.7. The Balaban J connectivity index is 3.00. The number of carbonyl (C=O) groups is 2. The number of piperazine rings is 1. The van der Waals surface area contributed by atoms with Gasteiger partial charge < -0.3 is 15.0 Å². The van der Waals surface area contributed by atoms with E-state index in [9.17, 15) is 9.59 Å². The number of nitrogens with one attached hydrogen (secondary N) is 1. The van der Waals surface area contributed by atoms with Crippen molar-refractivity contribution in [3.63, 3.8) is 0 Å². The van der Waals surface area contributed by atoms with Crippen molar-refractivity contribution in [1.82, 2.24) is 10.2 Å². The van der Waals surface area contributed by atoms with Crippen LogP contribution in [-0.2, 0) is 14.3 Å². The van der Waals surface area contributed by atoms with Crippen LogP contribution in [0.15, 0.2) is 0 Å². The molecule has 0 aliphatic carbocycles. The number of nitrogens with zero attached hydrogens (tertiary/aromatic N) is 1. The van der Waals surface area contributed by atoms with Crippen LogP contribution < -0.4 is 5.32 Å². The zero-order chi connectivity index (χ0) is 16.2. The molecule has 0 radical (unpaired) electrons. The predicted octanol–water partition coefficient (Wildman–Crippen LogP) is 1.95. The minimum atomic E-state index is -0.452. The average molecular weight is 298 g/mol. The maximum absolute atomic E-state index is 12.7. The highest BCUT2D eigenvalue weighted by Crippen LogP contribution is 2.23. The highest BCUT2D eigenvalue weighted by Gasteiger charge is 2.43. The lowest BCUT2D eigenvalue weighted by Gasteiger charge is -2.44. The molecule has 2 atom stereocenters. The fourth-order valence-electron chi connectivity index (χ4n) is 2.97. The van der Waals surface area contributed by atoms with Crippen LogP contribution >= 0.6 is 0 Å². The molecule has 0 aromatic rings. The summed E-state index contributed by atoms with van der Waals surface area (Å²) in [5.74, 6) is 0.0484. The minimum Gasteiger partial charge on any atom is -0.374 e. The number of hydrogen-bond acceptors (Lipinski definition) is 3. The third-order valence-electron chi connectivity index (χ3n) is 3.80. The smallest absolute Gasteiger partial charge is 0.245 e. The van der Waals surface area contributed by atoms with E-state index in [2.05, 4.69) is 5.32 Å². The van der Waals surface area contributed by atoms with Gasteiger partial charge in [-0.15, -0.1) is 0 Å². The summed E-state index contributed by atoms with van der Waals surface area (Å²) in [6, 6.07) is -0.805. The van der Waals surface area contributed by atoms with Gasteiger partial charge in [0.15, 0.2) is 0 Å². The first-order valence-electron chi connectivity index (χ1n) is 7.98. The van der Waals surface area contributed by atoms with Crippen molar-refractivity contribution in [2.75, 3.05) is 13.2 Å². The van der Waals surface area contributed by atoms with Crippen molar-refractivity contribution >= 4 is 11.8 Å². The van der Waals surface area contributed by atoms with Crippen molar-refractivity contribution in [2.45, 2.75) is 72.1 Å². The molecule has 1 heterocycles. The summed E-state index contributed by atoms with van der Waals surface area (Å²) < 4.78 is 5.71. The Morgan fingerprint density at radius 2 is 1.90 bits per heavy atom. The molecule has 0 bridgehead atoms. The number of carbonyl (C=O) groups excluding carboxylic acids is 2. The maximum atomic E-state index is 12.7. The first-order chi connectivity index (χ1) is 9.73. The highest BCUT2D eigenvalue weighted by molar-refractivity contribution is 5.97. The summed E-state index contributed by atoms with van der Waals surface area (Å²) in [7, 11) is 0. The van der Waals surface area contributed by atoms with E-state index in [1.54, 1.807) is 4.90 Å². The van der Waals surface area contributed by atoms with Crippen molar-refractivity contribution < 1.29 is 14.3 Å². The van der Waals surface area contributed by atoms with E-state index in [-0.39, 0.29) is 17.7 Å². The van der Waals surface area contributed by atoms with Gasteiger partial charge in [-0.3, -0.25) is 9.59 Å². The van der Waals surface area contributed by atoms with E-state index in [4.69, 9.17) is 4.74 Å². The first kappa shape index (κ1) is 18.0. The lowest BCUT2D eigenvalue weighted by Crippen LogP contribution is -2.66. The molecule has 0 saturated carbocycles. The molecule has 0 spiro atoms. The van der Waals surface area contributed by atoms with Gasteiger partial charge in [0.25, 0.3) is 0 Å². The minimum absolute atomic E-state index is 0.0166. The van der Waals surface area contributed by atoms with E-state index in [0.29, 0.717) is 19.6 Å². The molecule has 1 aliphatic rings. The molecule has 5 heteroatoms. The fraction of sp³-hybridized carbons (Fsp3) is 0.875. The molecule has 1 rings (SSSR count). The topological polar surface area (TPSA) is 58.6 Å². The van der Waals surface area contributed by atoms with Gasteiger partial charge in [0.2, 0.25) is 11.8 Å². The Hall–Kier alpha value is -1.10. The number of hydrogen-bond donors (Lipinski definition) is 1. The van der Waals surface area contributed by atoms with Crippen molar-refractivity contribution in [2.24, 2.45) is 5.92 Å². The number of rotatable bonds is 7. The van der Waals surface area contributed by atoms with Gasteiger partial charge in [0.1, 0.15) is 12.1 Å².